The summed E-state index contributed by atoms with van der Waals surface area (Å²) in [5, 5.41) is 8.93. The Morgan fingerprint density at radius 2 is 1.85 bits per heavy atom. The summed E-state index contributed by atoms with van der Waals surface area (Å²) in [6.07, 6.45) is 6.74. The smallest absolute Gasteiger partial charge is 0.0558 e. The molecular weight excluding hydrogens is 182 g/mol. The molecule has 0 amide bonds. The first-order valence-corrected chi connectivity index (χ1v) is 5.97. The minimum absolute atomic E-state index is 0.282. The van der Waals surface area contributed by atoms with Crippen molar-refractivity contribution >= 4 is 12.6 Å². The topological polar surface area (TPSA) is 23.5 Å². The SMILES string of the molecule is OCCN(CCS)C1CCCCC1. The van der Waals surface area contributed by atoms with Gasteiger partial charge in [-0.15, -0.1) is 0 Å². The summed E-state index contributed by atoms with van der Waals surface area (Å²) < 4.78 is 0. The van der Waals surface area contributed by atoms with Crippen molar-refractivity contribution in [3.05, 3.63) is 0 Å². The van der Waals surface area contributed by atoms with Crippen LogP contribution in [0.25, 0.3) is 0 Å². The van der Waals surface area contributed by atoms with E-state index in [1.807, 2.05) is 0 Å². The van der Waals surface area contributed by atoms with Gasteiger partial charge in [-0.1, -0.05) is 19.3 Å². The number of aliphatic hydroxyl groups excluding tert-OH is 1. The second kappa shape index (κ2) is 6.68. The van der Waals surface area contributed by atoms with Gasteiger partial charge in [-0.2, -0.15) is 12.6 Å². The van der Waals surface area contributed by atoms with Gasteiger partial charge < -0.3 is 5.11 Å². The lowest BCUT2D eigenvalue weighted by molar-refractivity contribution is 0.131. The maximum atomic E-state index is 8.93. The third kappa shape index (κ3) is 3.88. The maximum Gasteiger partial charge on any atom is 0.0558 e. The fraction of sp³-hybridized carbons (Fsp3) is 1.00. The number of nitrogens with zero attached hydrogens (tertiary/aromatic N) is 1. The highest BCUT2D eigenvalue weighted by Crippen LogP contribution is 2.22. The predicted molar refractivity (Wildman–Crippen MR) is 59.4 cm³/mol. The monoisotopic (exact) mass is 203 g/mol. The van der Waals surface area contributed by atoms with Crippen molar-refractivity contribution in [2.75, 3.05) is 25.4 Å². The van der Waals surface area contributed by atoms with Crippen molar-refractivity contribution in [3.8, 4) is 0 Å². The Morgan fingerprint density at radius 1 is 1.15 bits per heavy atom. The van der Waals surface area contributed by atoms with E-state index in [2.05, 4.69) is 17.5 Å². The Bertz CT molecular complexity index is 120. The highest BCUT2D eigenvalue weighted by atomic mass is 32.1. The van der Waals surface area contributed by atoms with Crippen molar-refractivity contribution < 1.29 is 5.11 Å². The van der Waals surface area contributed by atoms with E-state index >= 15 is 0 Å². The second-order valence-corrected chi connectivity index (χ2v) is 4.22. The summed E-state index contributed by atoms with van der Waals surface area (Å²) in [7, 11) is 0. The summed E-state index contributed by atoms with van der Waals surface area (Å²) in [6.45, 7) is 2.13. The van der Waals surface area contributed by atoms with E-state index in [4.69, 9.17) is 5.11 Å². The van der Waals surface area contributed by atoms with Crippen LogP contribution < -0.4 is 0 Å². The minimum Gasteiger partial charge on any atom is -0.395 e. The molecule has 0 saturated heterocycles. The van der Waals surface area contributed by atoms with Gasteiger partial charge in [0.15, 0.2) is 0 Å². The lowest BCUT2D eigenvalue weighted by Crippen LogP contribution is -2.39. The van der Waals surface area contributed by atoms with Crippen LogP contribution in [0.4, 0.5) is 0 Å². The molecule has 0 aromatic carbocycles. The molecule has 0 radical (unpaired) electrons. The van der Waals surface area contributed by atoms with E-state index in [1.165, 1.54) is 32.1 Å². The quantitative estimate of drug-likeness (QED) is 0.662. The van der Waals surface area contributed by atoms with E-state index in [9.17, 15) is 0 Å². The Labute approximate surface area is 86.7 Å². The molecule has 0 heterocycles. The molecule has 0 spiro atoms. The van der Waals surface area contributed by atoms with Crippen LogP contribution in [-0.2, 0) is 0 Å². The Morgan fingerprint density at radius 3 is 2.38 bits per heavy atom. The van der Waals surface area contributed by atoms with Crippen LogP contribution >= 0.6 is 12.6 Å². The van der Waals surface area contributed by atoms with Gasteiger partial charge in [-0.3, -0.25) is 4.90 Å². The molecule has 1 rings (SSSR count). The minimum atomic E-state index is 0.282. The van der Waals surface area contributed by atoms with E-state index in [0.717, 1.165) is 18.8 Å². The summed E-state index contributed by atoms with van der Waals surface area (Å²) in [5.41, 5.74) is 0. The standard InChI is InChI=1S/C10H21NOS/c12-8-6-11(7-9-13)10-4-2-1-3-5-10/h10,12-13H,1-9H2. The van der Waals surface area contributed by atoms with Crippen LogP contribution in [0.2, 0.25) is 0 Å². The Kier molecular flexibility index (Phi) is 5.83. The molecule has 78 valence electrons. The summed E-state index contributed by atoms with van der Waals surface area (Å²) in [6, 6.07) is 0.716. The zero-order valence-electron chi connectivity index (χ0n) is 8.28. The molecule has 0 aliphatic heterocycles. The number of aliphatic hydroxyl groups is 1. The van der Waals surface area contributed by atoms with Crippen LogP contribution in [0.3, 0.4) is 0 Å². The first-order valence-electron chi connectivity index (χ1n) is 5.34. The molecule has 1 fully saturated rings. The molecule has 0 atom stereocenters. The van der Waals surface area contributed by atoms with Crippen LogP contribution in [0, 0.1) is 0 Å². The molecule has 0 aromatic rings. The van der Waals surface area contributed by atoms with E-state index in [-0.39, 0.29) is 6.61 Å². The highest BCUT2D eigenvalue weighted by molar-refractivity contribution is 7.80. The Hall–Kier alpha value is 0.270. The zero-order chi connectivity index (χ0) is 9.52. The van der Waals surface area contributed by atoms with E-state index in [1.54, 1.807) is 0 Å². The van der Waals surface area contributed by atoms with Gasteiger partial charge in [0.1, 0.15) is 0 Å². The van der Waals surface area contributed by atoms with Crippen molar-refractivity contribution in [2.45, 2.75) is 38.1 Å². The third-order valence-corrected chi connectivity index (χ3v) is 3.07. The molecular formula is C10H21NOS. The van der Waals surface area contributed by atoms with Crippen molar-refractivity contribution in [1.29, 1.82) is 0 Å². The fourth-order valence-electron chi connectivity index (χ4n) is 2.18. The molecule has 0 bridgehead atoms. The molecule has 1 N–H and O–H groups in total. The van der Waals surface area contributed by atoms with E-state index in [0.29, 0.717) is 6.04 Å². The molecule has 1 aliphatic rings. The predicted octanol–water partition coefficient (Wildman–Crippen LogP) is 1.54. The van der Waals surface area contributed by atoms with Gasteiger partial charge in [-0.05, 0) is 12.8 Å². The van der Waals surface area contributed by atoms with Gasteiger partial charge in [0.25, 0.3) is 0 Å². The summed E-state index contributed by atoms with van der Waals surface area (Å²) in [5.74, 6) is 0.899. The van der Waals surface area contributed by atoms with Gasteiger partial charge in [-0.25, -0.2) is 0 Å². The molecule has 2 nitrogen and oxygen atoms in total. The largest absolute Gasteiger partial charge is 0.395 e. The third-order valence-electron chi connectivity index (χ3n) is 2.87. The van der Waals surface area contributed by atoms with Crippen LogP contribution in [0.1, 0.15) is 32.1 Å². The zero-order valence-corrected chi connectivity index (χ0v) is 9.18. The number of thiol groups is 1. The van der Waals surface area contributed by atoms with E-state index < -0.39 is 0 Å². The number of hydrogen-bond acceptors (Lipinski definition) is 3. The van der Waals surface area contributed by atoms with Crippen LogP contribution in [-0.4, -0.2) is 41.5 Å². The highest BCUT2D eigenvalue weighted by Gasteiger charge is 2.19. The second-order valence-electron chi connectivity index (χ2n) is 3.78. The molecule has 0 unspecified atom stereocenters. The normalized spacial score (nSPS) is 19.6. The molecule has 0 aromatic heterocycles. The average molecular weight is 203 g/mol. The first kappa shape index (κ1) is 11.3. The molecule has 3 heteroatoms. The lowest BCUT2D eigenvalue weighted by atomic mass is 9.94. The number of rotatable bonds is 5. The fourth-order valence-corrected chi connectivity index (χ4v) is 2.44. The maximum absolute atomic E-state index is 8.93. The van der Waals surface area contributed by atoms with Crippen molar-refractivity contribution in [2.24, 2.45) is 0 Å². The number of hydrogen-bond donors (Lipinski definition) is 2. The Balaban J connectivity index is 2.32. The van der Waals surface area contributed by atoms with Gasteiger partial charge in [0.2, 0.25) is 0 Å². The molecule has 1 aliphatic carbocycles. The first-order chi connectivity index (χ1) is 6.38. The van der Waals surface area contributed by atoms with Crippen LogP contribution in [0.15, 0.2) is 0 Å². The van der Waals surface area contributed by atoms with Gasteiger partial charge in [0, 0.05) is 24.9 Å². The van der Waals surface area contributed by atoms with Gasteiger partial charge in [0.05, 0.1) is 6.61 Å². The summed E-state index contributed by atoms with van der Waals surface area (Å²) >= 11 is 4.25. The average Bonchev–Trinajstić information content (AvgIpc) is 2.19. The molecule has 1 saturated carbocycles. The van der Waals surface area contributed by atoms with Crippen molar-refractivity contribution in [1.82, 2.24) is 4.90 Å². The molecule has 13 heavy (non-hydrogen) atoms. The van der Waals surface area contributed by atoms with Gasteiger partial charge >= 0.3 is 0 Å². The van der Waals surface area contributed by atoms with Crippen LogP contribution in [0.5, 0.6) is 0 Å². The van der Waals surface area contributed by atoms with Crippen molar-refractivity contribution in [3.63, 3.8) is 0 Å². The summed E-state index contributed by atoms with van der Waals surface area (Å²) in [4.78, 5) is 2.40. The lowest BCUT2D eigenvalue weighted by Gasteiger charge is -2.33.